The molecule has 0 atom stereocenters. The first-order valence-corrected chi connectivity index (χ1v) is 6.84. The van der Waals surface area contributed by atoms with Crippen molar-refractivity contribution in [1.82, 2.24) is 4.98 Å². The zero-order valence-electron chi connectivity index (χ0n) is 11.3. The summed E-state index contributed by atoms with van der Waals surface area (Å²) in [5.41, 5.74) is 0.722. The molecule has 1 aromatic heterocycles. The number of Topliss-reactive ketones (excluding diaryl/α,β-unsaturated/α-hetero) is 2. The van der Waals surface area contributed by atoms with Crippen LogP contribution in [0.25, 0.3) is 5.76 Å². The summed E-state index contributed by atoms with van der Waals surface area (Å²) in [5.74, 6) is -0.592. The quantitative estimate of drug-likeness (QED) is 0.793. The highest BCUT2D eigenvalue weighted by atomic mass is 16.3. The first-order chi connectivity index (χ1) is 9.59. The van der Waals surface area contributed by atoms with Crippen molar-refractivity contribution in [2.75, 3.05) is 18.0 Å². The molecule has 1 saturated heterocycles. The van der Waals surface area contributed by atoms with Crippen molar-refractivity contribution in [3.8, 4) is 0 Å². The molecular weight excluding hydrogens is 256 g/mol. The highest BCUT2D eigenvalue weighted by Gasteiger charge is 2.31. The third kappa shape index (κ3) is 1.90. The molecule has 0 aromatic carbocycles. The number of piperidine rings is 1. The average Bonchev–Trinajstić information content (AvgIpc) is 2.51. The van der Waals surface area contributed by atoms with Gasteiger partial charge in [-0.05, 0) is 32.3 Å². The maximum absolute atomic E-state index is 11.9. The van der Waals surface area contributed by atoms with Gasteiger partial charge in [0.15, 0.2) is 0 Å². The maximum Gasteiger partial charge on any atom is 0.235 e. The Balaban J connectivity index is 2.06. The molecule has 5 heteroatoms. The van der Waals surface area contributed by atoms with Crippen LogP contribution in [0.2, 0.25) is 0 Å². The fourth-order valence-corrected chi connectivity index (χ4v) is 2.72. The van der Waals surface area contributed by atoms with E-state index in [9.17, 15) is 14.7 Å². The van der Waals surface area contributed by atoms with Gasteiger partial charge in [0.1, 0.15) is 11.6 Å². The first kappa shape index (κ1) is 12.8. The van der Waals surface area contributed by atoms with Gasteiger partial charge < -0.3 is 10.0 Å². The Kier molecular flexibility index (Phi) is 3.04. The number of carbonyl (C=O) groups is 2. The molecule has 2 aliphatic rings. The van der Waals surface area contributed by atoms with Crippen LogP contribution in [0.1, 0.15) is 42.1 Å². The summed E-state index contributed by atoms with van der Waals surface area (Å²) in [7, 11) is 0. The van der Waals surface area contributed by atoms with Crippen LogP contribution in [0.5, 0.6) is 0 Å². The Hall–Kier alpha value is -2.17. The molecule has 104 valence electrons. The standard InChI is InChI=1S/C15H16N2O3/c1-9-13(18)10-7-12(17-5-3-2-4-6-17)16-8-11(10)15(20)14(9)19/h7-8,18H,2-6H2,1H3. The van der Waals surface area contributed by atoms with Crippen LogP contribution < -0.4 is 4.90 Å². The summed E-state index contributed by atoms with van der Waals surface area (Å²) in [6, 6.07) is 1.71. The lowest BCUT2D eigenvalue weighted by molar-refractivity contribution is -0.111. The van der Waals surface area contributed by atoms with E-state index in [1.54, 1.807) is 6.07 Å². The minimum Gasteiger partial charge on any atom is -0.507 e. The van der Waals surface area contributed by atoms with Crippen LogP contribution >= 0.6 is 0 Å². The summed E-state index contributed by atoms with van der Waals surface area (Å²) < 4.78 is 0. The van der Waals surface area contributed by atoms with Crippen molar-refractivity contribution in [2.24, 2.45) is 0 Å². The smallest absolute Gasteiger partial charge is 0.235 e. The van der Waals surface area contributed by atoms with E-state index < -0.39 is 11.6 Å². The van der Waals surface area contributed by atoms with Gasteiger partial charge in [-0.1, -0.05) is 0 Å². The summed E-state index contributed by atoms with van der Waals surface area (Å²) >= 11 is 0. The summed E-state index contributed by atoms with van der Waals surface area (Å²) in [6.45, 7) is 3.34. The number of pyridine rings is 1. The van der Waals surface area contributed by atoms with E-state index in [1.165, 1.54) is 19.5 Å². The van der Waals surface area contributed by atoms with Crippen LogP contribution in [0.15, 0.2) is 17.8 Å². The monoisotopic (exact) mass is 272 g/mol. The van der Waals surface area contributed by atoms with Crippen LogP contribution in [0.3, 0.4) is 0 Å². The van der Waals surface area contributed by atoms with E-state index in [0.29, 0.717) is 5.56 Å². The molecule has 0 spiro atoms. The molecule has 0 saturated carbocycles. The summed E-state index contributed by atoms with van der Waals surface area (Å²) in [5, 5.41) is 10.1. The van der Waals surface area contributed by atoms with E-state index in [0.717, 1.165) is 31.7 Å². The number of anilines is 1. The lowest BCUT2D eigenvalue weighted by atomic mass is 9.90. The fraction of sp³-hybridized carbons (Fsp3) is 0.400. The van der Waals surface area contributed by atoms with Gasteiger partial charge in [0, 0.05) is 30.4 Å². The first-order valence-electron chi connectivity index (χ1n) is 6.84. The lowest BCUT2D eigenvalue weighted by Gasteiger charge is -2.28. The Morgan fingerprint density at radius 3 is 2.50 bits per heavy atom. The van der Waals surface area contributed by atoms with Gasteiger partial charge >= 0.3 is 0 Å². The summed E-state index contributed by atoms with van der Waals surface area (Å²) in [6.07, 6.45) is 4.87. The van der Waals surface area contributed by atoms with Gasteiger partial charge in [0.2, 0.25) is 11.6 Å². The third-order valence-corrected chi connectivity index (χ3v) is 3.97. The molecule has 0 bridgehead atoms. The molecule has 20 heavy (non-hydrogen) atoms. The van der Waals surface area contributed by atoms with Gasteiger partial charge in [-0.15, -0.1) is 0 Å². The van der Waals surface area contributed by atoms with Gasteiger partial charge in [-0.3, -0.25) is 9.59 Å². The van der Waals surface area contributed by atoms with Crippen LogP contribution in [0, 0.1) is 0 Å². The number of fused-ring (bicyclic) bond motifs is 1. The number of ketones is 2. The number of nitrogens with zero attached hydrogens (tertiary/aromatic N) is 2. The molecule has 1 fully saturated rings. The fourth-order valence-electron chi connectivity index (χ4n) is 2.72. The molecule has 0 unspecified atom stereocenters. The Morgan fingerprint density at radius 1 is 1.10 bits per heavy atom. The van der Waals surface area contributed by atoms with Gasteiger partial charge in [-0.25, -0.2) is 4.98 Å². The molecule has 1 N–H and O–H groups in total. The number of aliphatic hydroxyl groups is 1. The third-order valence-electron chi connectivity index (χ3n) is 3.97. The molecule has 0 amide bonds. The molecule has 3 rings (SSSR count). The number of hydrogen-bond acceptors (Lipinski definition) is 5. The molecule has 1 aromatic rings. The maximum atomic E-state index is 11.9. The average molecular weight is 272 g/mol. The largest absolute Gasteiger partial charge is 0.507 e. The number of allylic oxidation sites excluding steroid dienone is 1. The Bertz CT molecular complexity index is 628. The van der Waals surface area contributed by atoms with Crippen LogP contribution in [-0.2, 0) is 4.79 Å². The molecular formula is C15H16N2O3. The number of hydrogen-bond donors (Lipinski definition) is 1. The normalized spacial score (nSPS) is 19.4. The van der Waals surface area contributed by atoms with Crippen molar-refractivity contribution in [1.29, 1.82) is 0 Å². The molecule has 5 nitrogen and oxygen atoms in total. The zero-order valence-corrected chi connectivity index (χ0v) is 11.3. The number of carbonyl (C=O) groups excluding carboxylic acids is 2. The molecule has 2 heterocycles. The van der Waals surface area contributed by atoms with E-state index >= 15 is 0 Å². The number of aliphatic hydroxyl groups excluding tert-OH is 1. The van der Waals surface area contributed by atoms with Crippen molar-refractivity contribution < 1.29 is 14.7 Å². The SMILES string of the molecule is CC1=C(O)c2cc(N3CCCCC3)ncc2C(=O)C1=O. The zero-order chi connectivity index (χ0) is 14.3. The second kappa shape index (κ2) is 4.74. The van der Waals surface area contributed by atoms with Crippen LogP contribution in [-0.4, -0.2) is 34.7 Å². The van der Waals surface area contributed by atoms with Crippen LogP contribution in [0.4, 0.5) is 5.82 Å². The minimum absolute atomic E-state index is 0.106. The van der Waals surface area contributed by atoms with E-state index in [4.69, 9.17) is 0 Å². The molecule has 0 radical (unpaired) electrons. The highest BCUT2D eigenvalue weighted by Crippen LogP contribution is 2.30. The van der Waals surface area contributed by atoms with E-state index in [-0.39, 0.29) is 16.9 Å². The Labute approximate surface area is 116 Å². The Morgan fingerprint density at radius 2 is 1.80 bits per heavy atom. The summed E-state index contributed by atoms with van der Waals surface area (Å²) in [4.78, 5) is 30.0. The van der Waals surface area contributed by atoms with Crippen molar-refractivity contribution in [2.45, 2.75) is 26.2 Å². The van der Waals surface area contributed by atoms with E-state index in [1.807, 2.05) is 0 Å². The number of aromatic nitrogens is 1. The second-order valence-electron chi connectivity index (χ2n) is 5.27. The van der Waals surface area contributed by atoms with E-state index in [2.05, 4.69) is 9.88 Å². The van der Waals surface area contributed by atoms with Gasteiger partial charge in [0.05, 0.1) is 5.56 Å². The van der Waals surface area contributed by atoms with Crippen molar-refractivity contribution in [3.63, 3.8) is 0 Å². The predicted octanol–water partition coefficient (Wildman–Crippen LogP) is 2.13. The van der Waals surface area contributed by atoms with Crippen molar-refractivity contribution in [3.05, 3.63) is 29.0 Å². The highest BCUT2D eigenvalue weighted by molar-refractivity contribution is 6.52. The minimum atomic E-state index is -0.650. The molecule has 1 aliphatic carbocycles. The lowest BCUT2D eigenvalue weighted by Crippen LogP contribution is -2.31. The number of rotatable bonds is 1. The second-order valence-corrected chi connectivity index (χ2v) is 5.27. The van der Waals surface area contributed by atoms with Crippen molar-refractivity contribution >= 4 is 23.1 Å². The van der Waals surface area contributed by atoms with Gasteiger partial charge in [-0.2, -0.15) is 0 Å². The van der Waals surface area contributed by atoms with Gasteiger partial charge in [0.25, 0.3) is 0 Å². The topological polar surface area (TPSA) is 70.5 Å². The molecule has 1 aliphatic heterocycles. The predicted molar refractivity (Wildman–Crippen MR) is 74.9 cm³/mol.